The van der Waals surface area contributed by atoms with Gasteiger partial charge >= 0.3 is 0 Å². The van der Waals surface area contributed by atoms with Gasteiger partial charge in [0.15, 0.2) is 0 Å². The van der Waals surface area contributed by atoms with Crippen LogP contribution in [0.25, 0.3) is 54.6 Å². The summed E-state index contributed by atoms with van der Waals surface area (Å²) in [6, 6.07) is 18.5. The van der Waals surface area contributed by atoms with Gasteiger partial charge in [0.2, 0.25) is 0 Å². The molecule has 2 aromatic heterocycles. The van der Waals surface area contributed by atoms with E-state index in [1.165, 1.54) is 12.5 Å². The minimum Gasteiger partial charge on any atom is -0.464 e. The van der Waals surface area contributed by atoms with Crippen molar-refractivity contribution in [1.29, 1.82) is 21.0 Å². The Labute approximate surface area is 168 Å². The fraction of sp³-hybridized carbons (Fsp3) is 0. The van der Waals surface area contributed by atoms with E-state index in [1.54, 1.807) is 36.4 Å². The van der Waals surface area contributed by atoms with Crippen LogP contribution in [-0.4, -0.2) is 0 Å². The predicted molar refractivity (Wildman–Crippen MR) is 110 cm³/mol. The molecule has 6 heteroatoms. The highest BCUT2D eigenvalue weighted by Crippen LogP contribution is 2.26. The monoisotopic (exact) mass is 384 g/mol. The Morgan fingerprint density at radius 1 is 0.567 bits per heavy atom. The lowest BCUT2D eigenvalue weighted by molar-refractivity contribution is 0.616. The van der Waals surface area contributed by atoms with Gasteiger partial charge in [-0.25, -0.2) is 0 Å². The van der Waals surface area contributed by atoms with Crippen molar-refractivity contribution in [3.8, 4) is 24.3 Å². The number of benzene rings is 3. The molecule has 0 radical (unpaired) electrons. The third kappa shape index (κ3) is 2.20. The molecule has 0 aliphatic rings. The molecular formula is C24H8N4O2. The smallest absolute Gasteiger partial charge is 0.138 e. The van der Waals surface area contributed by atoms with Gasteiger partial charge in [-0.1, -0.05) is 0 Å². The highest BCUT2D eigenvalue weighted by molar-refractivity contribution is 6.11. The number of nitriles is 4. The maximum absolute atomic E-state index is 9.65. The quantitative estimate of drug-likeness (QED) is 0.373. The predicted octanol–water partition coefficient (Wildman–Crippen LogP) is 3.88. The Morgan fingerprint density at radius 3 is 1.30 bits per heavy atom. The van der Waals surface area contributed by atoms with Crippen molar-refractivity contribution < 1.29 is 8.83 Å². The Hall–Kier alpha value is -5.04. The van der Waals surface area contributed by atoms with E-state index >= 15 is 0 Å². The van der Waals surface area contributed by atoms with E-state index in [-0.39, 0.29) is 11.1 Å². The van der Waals surface area contributed by atoms with E-state index in [0.29, 0.717) is 43.1 Å². The van der Waals surface area contributed by atoms with Gasteiger partial charge in [0.25, 0.3) is 0 Å². The molecule has 5 aromatic rings. The Balaban J connectivity index is 2.32. The van der Waals surface area contributed by atoms with Crippen LogP contribution in [0.3, 0.4) is 0 Å². The van der Waals surface area contributed by atoms with Crippen LogP contribution in [-0.2, 0) is 0 Å². The van der Waals surface area contributed by atoms with Crippen LogP contribution in [0.5, 0.6) is 0 Å². The molecule has 0 unspecified atom stereocenters. The first-order valence-electron chi connectivity index (χ1n) is 8.83. The molecule has 0 fully saturated rings. The molecule has 5 rings (SSSR count). The van der Waals surface area contributed by atoms with Gasteiger partial charge in [-0.05, 0) is 57.9 Å². The van der Waals surface area contributed by atoms with Crippen LogP contribution in [0.1, 0.15) is 0 Å². The van der Waals surface area contributed by atoms with Crippen molar-refractivity contribution in [3.05, 3.63) is 59.4 Å². The van der Waals surface area contributed by atoms with Gasteiger partial charge in [0, 0.05) is 21.2 Å². The van der Waals surface area contributed by atoms with Crippen LogP contribution >= 0.6 is 0 Å². The molecule has 0 bridgehead atoms. The van der Waals surface area contributed by atoms with Crippen LogP contribution in [0.2, 0.25) is 0 Å². The molecule has 0 aliphatic heterocycles. The van der Waals surface area contributed by atoms with Gasteiger partial charge in [-0.15, -0.1) is 0 Å². The zero-order chi connectivity index (χ0) is 20.8. The summed E-state index contributed by atoms with van der Waals surface area (Å²) in [6.45, 7) is 0. The minimum absolute atomic E-state index is 0.0687. The number of hydrogen-bond acceptors (Lipinski definition) is 6. The summed E-state index contributed by atoms with van der Waals surface area (Å²) in [5, 5.41) is 43.3. The normalized spacial score (nSPS) is 10.5. The van der Waals surface area contributed by atoms with Gasteiger partial charge in [0.1, 0.15) is 46.6 Å². The van der Waals surface area contributed by atoms with E-state index in [1.807, 2.05) is 24.3 Å². The van der Waals surface area contributed by atoms with Crippen molar-refractivity contribution in [2.75, 3.05) is 0 Å². The molecular weight excluding hydrogens is 376 g/mol. The van der Waals surface area contributed by atoms with Gasteiger partial charge < -0.3 is 8.83 Å². The Kier molecular flexibility index (Phi) is 3.56. The third-order valence-electron chi connectivity index (χ3n) is 5.21. The largest absolute Gasteiger partial charge is 0.464 e. The average molecular weight is 384 g/mol. The second-order valence-corrected chi connectivity index (χ2v) is 6.66. The molecule has 0 aliphatic carbocycles. The van der Waals surface area contributed by atoms with Crippen LogP contribution < -0.4 is 10.4 Å². The summed E-state index contributed by atoms with van der Waals surface area (Å²) in [5.41, 5.74) is 1.01. The summed E-state index contributed by atoms with van der Waals surface area (Å²) in [5.74, 6) is 0. The lowest BCUT2D eigenvalue weighted by atomic mass is 9.92. The second-order valence-electron chi connectivity index (χ2n) is 6.66. The fourth-order valence-corrected chi connectivity index (χ4v) is 3.95. The van der Waals surface area contributed by atoms with E-state index < -0.39 is 0 Å². The molecule has 3 aromatic carbocycles. The SMILES string of the molecule is N#CC(C#N)=c1c2cc3ccoc3cc2c(=C(C#N)C#N)c2cc3ccoc3cc12. The lowest BCUT2D eigenvalue weighted by Gasteiger charge is -2.09. The maximum atomic E-state index is 9.65. The van der Waals surface area contributed by atoms with Gasteiger partial charge in [-0.2, -0.15) is 21.0 Å². The van der Waals surface area contributed by atoms with Crippen LogP contribution in [0.4, 0.5) is 0 Å². The molecule has 0 atom stereocenters. The van der Waals surface area contributed by atoms with Crippen molar-refractivity contribution >= 4 is 54.6 Å². The molecule has 30 heavy (non-hydrogen) atoms. The number of fused-ring (bicyclic) bond motifs is 4. The van der Waals surface area contributed by atoms with E-state index in [2.05, 4.69) is 0 Å². The van der Waals surface area contributed by atoms with Crippen molar-refractivity contribution in [1.82, 2.24) is 0 Å². The highest BCUT2D eigenvalue weighted by atomic mass is 16.3. The highest BCUT2D eigenvalue weighted by Gasteiger charge is 2.16. The van der Waals surface area contributed by atoms with Crippen molar-refractivity contribution in [2.24, 2.45) is 0 Å². The molecule has 0 spiro atoms. The second kappa shape index (κ2) is 6.25. The van der Waals surface area contributed by atoms with Crippen molar-refractivity contribution in [3.63, 3.8) is 0 Å². The first kappa shape index (κ1) is 17.1. The number of furan rings is 2. The van der Waals surface area contributed by atoms with Crippen molar-refractivity contribution in [2.45, 2.75) is 0 Å². The molecule has 136 valence electrons. The summed E-state index contributed by atoms with van der Waals surface area (Å²) in [7, 11) is 0. The minimum atomic E-state index is -0.0687. The summed E-state index contributed by atoms with van der Waals surface area (Å²) in [4.78, 5) is 0. The molecule has 2 heterocycles. The van der Waals surface area contributed by atoms with Gasteiger partial charge in [-0.3, -0.25) is 0 Å². The van der Waals surface area contributed by atoms with E-state index in [0.717, 1.165) is 10.8 Å². The number of rotatable bonds is 0. The molecule has 0 saturated carbocycles. The van der Waals surface area contributed by atoms with E-state index in [9.17, 15) is 21.0 Å². The molecule has 0 N–H and O–H groups in total. The number of nitrogens with zero attached hydrogens (tertiary/aromatic N) is 4. The van der Waals surface area contributed by atoms with Crippen LogP contribution in [0, 0.1) is 45.3 Å². The van der Waals surface area contributed by atoms with Gasteiger partial charge in [0.05, 0.1) is 12.5 Å². The number of hydrogen-bond donors (Lipinski definition) is 0. The summed E-state index contributed by atoms with van der Waals surface area (Å²) in [6.07, 6.45) is 3.07. The summed E-state index contributed by atoms with van der Waals surface area (Å²) < 4.78 is 11.0. The molecule has 0 saturated heterocycles. The third-order valence-corrected chi connectivity index (χ3v) is 5.21. The average Bonchev–Trinajstić information content (AvgIpc) is 3.42. The first-order valence-corrected chi connectivity index (χ1v) is 8.83. The topological polar surface area (TPSA) is 121 Å². The van der Waals surface area contributed by atoms with E-state index in [4.69, 9.17) is 8.83 Å². The first-order chi connectivity index (χ1) is 14.7. The van der Waals surface area contributed by atoms with Crippen LogP contribution in [0.15, 0.2) is 57.8 Å². The molecule has 6 nitrogen and oxygen atoms in total. The summed E-state index contributed by atoms with van der Waals surface area (Å²) >= 11 is 0. The fourth-order valence-electron chi connectivity index (χ4n) is 3.95. The Morgan fingerprint density at radius 2 is 0.933 bits per heavy atom. The zero-order valence-corrected chi connectivity index (χ0v) is 15.2. The molecule has 0 amide bonds. The maximum Gasteiger partial charge on any atom is 0.138 e. The Bertz CT molecular complexity index is 1580. The lowest BCUT2D eigenvalue weighted by Crippen LogP contribution is -2.18. The zero-order valence-electron chi connectivity index (χ0n) is 15.2. The standard InChI is InChI=1S/C24H8N4O2/c25-9-15(10-26)23-17-5-13-1-3-29-21(13)7-19(17)24(16(11-27)12-28)18-6-14-2-4-30-22(14)8-20(18)23/h1-8H.